The van der Waals surface area contributed by atoms with Gasteiger partial charge >= 0.3 is 0 Å². The third kappa shape index (κ3) is 2.65. The van der Waals surface area contributed by atoms with Crippen LogP contribution in [-0.4, -0.2) is 11.8 Å². The number of carbonyl (C=O) groups is 1. The van der Waals surface area contributed by atoms with Crippen molar-refractivity contribution in [3.05, 3.63) is 59.2 Å². The molecule has 2 aliphatic rings. The van der Waals surface area contributed by atoms with E-state index >= 15 is 0 Å². The van der Waals surface area contributed by atoms with E-state index in [0.29, 0.717) is 27.8 Å². The average Bonchev–Trinajstić information content (AvgIpc) is 2.63. The maximum absolute atomic E-state index is 13.2. The standard InChI is InChI=1S/C21H22N2OS/c1-12-14-9-5-6-10-15(14)21(24)19-16(11-17(25)20(22)18(12)19)23-13-7-3-2-4-8-13/h5-6,9-11,13,23,25H,1-4,7-8,22H2. The second-order valence-electron chi connectivity index (χ2n) is 6.94. The van der Waals surface area contributed by atoms with E-state index in [4.69, 9.17) is 5.73 Å². The van der Waals surface area contributed by atoms with E-state index in [-0.39, 0.29) is 5.78 Å². The number of anilines is 2. The second kappa shape index (κ2) is 6.26. The van der Waals surface area contributed by atoms with Gasteiger partial charge in [-0.1, -0.05) is 50.1 Å². The van der Waals surface area contributed by atoms with Crippen LogP contribution >= 0.6 is 12.6 Å². The lowest BCUT2D eigenvalue weighted by molar-refractivity contribution is 0.103. The number of thiol groups is 1. The van der Waals surface area contributed by atoms with E-state index in [2.05, 4.69) is 24.5 Å². The molecule has 0 aliphatic heterocycles. The number of nitrogen functional groups attached to an aromatic ring is 1. The number of rotatable bonds is 2. The minimum absolute atomic E-state index is 0.0105. The third-order valence-electron chi connectivity index (χ3n) is 5.34. The molecule has 4 rings (SSSR count). The van der Waals surface area contributed by atoms with Crippen LogP contribution in [0.25, 0.3) is 5.57 Å². The summed E-state index contributed by atoms with van der Waals surface area (Å²) in [6, 6.07) is 9.89. The molecule has 0 spiro atoms. The van der Waals surface area contributed by atoms with E-state index in [1.54, 1.807) is 0 Å². The molecule has 2 aromatic carbocycles. The highest BCUT2D eigenvalue weighted by molar-refractivity contribution is 7.80. The monoisotopic (exact) mass is 350 g/mol. The maximum Gasteiger partial charge on any atom is 0.196 e. The lowest BCUT2D eigenvalue weighted by Gasteiger charge is -2.29. The van der Waals surface area contributed by atoms with Crippen molar-refractivity contribution < 1.29 is 4.79 Å². The Kier molecular flexibility index (Phi) is 4.08. The quantitative estimate of drug-likeness (QED) is 0.455. The van der Waals surface area contributed by atoms with Crippen molar-refractivity contribution in [2.45, 2.75) is 43.0 Å². The molecule has 0 bridgehead atoms. The lowest BCUT2D eigenvalue weighted by Crippen LogP contribution is -2.25. The van der Waals surface area contributed by atoms with Crippen molar-refractivity contribution in [3.63, 3.8) is 0 Å². The largest absolute Gasteiger partial charge is 0.397 e. The number of benzene rings is 2. The van der Waals surface area contributed by atoms with Crippen LogP contribution in [0.4, 0.5) is 11.4 Å². The molecule has 25 heavy (non-hydrogen) atoms. The predicted molar refractivity (Wildman–Crippen MR) is 107 cm³/mol. The molecule has 0 saturated heterocycles. The number of hydrogen-bond donors (Lipinski definition) is 3. The van der Waals surface area contributed by atoms with Crippen molar-refractivity contribution in [1.29, 1.82) is 0 Å². The summed E-state index contributed by atoms with van der Waals surface area (Å²) in [5.74, 6) is 0.0105. The van der Waals surface area contributed by atoms with Crippen LogP contribution in [0, 0.1) is 0 Å². The van der Waals surface area contributed by atoms with Crippen molar-refractivity contribution in [1.82, 2.24) is 0 Å². The molecule has 2 aromatic rings. The predicted octanol–water partition coefficient (Wildman–Crippen LogP) is 4.91. The van der Waals surface area contributed by atoms with E-state index in [1.165, 1.54) is 19.3 Å². The number of nitrogens with one attached hydrogen (secondary N) is 1. The second-order valence-corrected chi connectivity index (χ2v) is 7.42. The molecule has 0 unspecified atom stereocenters. The minimum Gasteiger partial charge on any atom is -0.397 e. The topological polar surface area (TPSA) is 55.1 Å². The molecular weight excluding hydrogens is 328 g/mol. The van der Waals surface area contributed by atoms with Gasteiger partial charge in [-0.2, -0.15) is 0 Å². The number of ketones is 1. The van der Waals surface area contributed by atoms with Crippen LogP contribution in [0.2, 0.25) is 0 Å². The van der Waals surface area contributed by atoms with Crippen LogP contribution < -0.4 is 11.1 Å². The first-order valence-corrected chi connectivity index (χ1v) is 9.28. The number of carbonyl (C=O) groups excluding carboxylic acids is 1. The zero-order valence-corrected chi connectivity index (χ0v) is 15.0. The summed E-state index contributed by atoms with van der Waals surface area (Å²) in [7, 11) is 0. The molecule has 0 aromatic heterocycles. The Hall–Kier alpha value is -2.20. The first kappa shape index (κ1) is 16.3. The fraction of sp³-hybridized carbons (Fsp3) is 0.286. The van der Waals surface area contributed by atoms with E-state index < -0.39 is 0 Å². The van der Waals surface area contributed by atoms with Gasteiger partial charge in [-0.15, -0.1) is 12.6 Å². The normalized spacial score (nSPS) is 17.2. The lowest BCUT2D eigenvalue weighted by atomic mass is 9.80. The van der Waals surface area contributed by atoms with Gasteiger partial charge in [0.25, 0.3) is 0 Å². The number of fused-ring (bicyclic) bond motifs is 2. The summed E-state index contributed by atoms with van der Waals surface area (Å²) in [4.78, 5) is 13.9. The van der Waals surface area contributed by atoms with Crippen molar-refractivity contribution in [3.8, 4) is 0 Å². The van der Waals surface area contributed by atoms with Crippen LogP contribution in [0.3, 0.4) is 0 Å². The highest BCUT2D eigenvalue weighted by Gasteiger charge is 2.31. The molecule has 0 heterocycles. The molecule has 1 saturated carbocycles. The van der Waals surface area contributed by atoms with Gasteiger partial charge in [0.15, 0.2) is 5.78 Å². The van der Waals surface area contributed by atoms with Crippen molar-refractivity contribution in [2.24, 2.45) is 0 Å². The maximum atomic E-state index is 13.2. The molecular formula is C21H22N2OS. The molecule has 2 aliphatic carbocycles. The van der Waals surface area contributed by atoms with Gasteiger partial charge in [-0.3, -0.25) is 4.79 Å². The van der Waals surface area contributed by atoms with E-state index in [0.717, 1.165) is 35.2 Å². The van der Waals surface area contributed by atoms with Gasteiger partial charge in [0.2, 0.25) is 0 Å². The number of hydrogen-bond acceptors (Lipinski definition) is 4. The summed E-state index contributed by atoms with van der Waals surface area (Å²) < 4.78 is 0. The SMILES string of the molecule is C=C1c2ccccc2C(=O)c2c(NC3CCCCC3)cc(S)c(N)c21. The first-order valence-electron chi connectivity index (χ1n) is 8.83. The molecule has 3 N–H and O–H groups in total. The van der Waals surface area contributed by atoms with Crippen molar-refractivity contribution >= 4 is 35.4 Å². The Morgan fingerprint density at radius 2 is 1.76 bits per heavy atom. The summed E-state index contributed by atoms with van der Waals surface area (Å²) >= 11 is 4.54. The molecule has 128 valence electrons. The van der Waals surface area contributed by atoms with Gasteiger partial charge in [0.1, 0.15) is 0 Å². The highest BCUT2D eigenvalue weighted by Crippen LogP contribution is 2.44. The van der Waals surface area contributed by atoms with E-state index in [1.807, 2.05) is 30.3 Å². The smallest absolute Gasteiger partial charge is 0.196 e. The van der Waals surface area contributed by atoms with Crippen LogP contribution in [0.5, 0.6) is 0 Å². The minimum atomic E-state index is 0.0105. The Morgan fingerprint density at radius 3 is 2.48 bits per heavy atom. The number of nitrogens with two attached hydrogens (primary N) is 1. The molecule has 0 atom stereocenters. The molecule has 4 heteroatoms. The molecule has 3 nitrogen and oxygen atoms in total. The van der Waals surface area contributed by atoms with Gasteiger partial charge in [-0.25, -0.2) is 0 Å². The van der Waals surface area contributed by atoms with Crippen molar-refractivity contribution in [2.75, 3.05) is 11.1 Å². The van der Waals surface area contributed by atoms with Crippen LogP contribution in [0.1, 0.15) is 59.2 Å². The van der Waals surface area contributed by atoms with Gasteiger partial charge in [-0.05, 0) is 30.0 Å². The zero-order valence-electron chi connectivity index (χ0n) is 14.1. The average molecular weight is 350 g/mol. The summed E-state index contributed by atoms with van der Waals surface area (Å²) in [5.41, 5.74) is 11.4. The fourth-order valence-electron chi connectivity index (χ4n) is 4.03. The fourth-order valence-corrected chi connectivity index (χ4v) is 4.27. The van der Waals surface area contributed by atoms with Crippen LogP contribution in [0.15, 0.2) is 41.8 Å². The summed E-state index contributed by atoms with van der Waals surface area (Å²) in [6.07, 6.45) is 6.01. The van der Waals surface area contributed by atoms with Gasteiger partial charge < -0.3 is 11.1 Å². The van der Waals surface area contributed by atoms with E-state index in [9.17, 15) is 4.79 Å². The molecule has 1 fully saturated rings. The Balaban J connectivity index is 1.86. The van der Waals surface area contributed by atoms with Crippen LogP contribution in [-0.2, 0) is 0 Å². The Bertz CT molecular complexity index is 882. The zero-order chi connectivity index (χ0) is 17.6. The summed E-state index contributed by atoms with van der Waals surface area (Å²) in [5, 5.41) is 3.59. The van der Waals surface area contributed by atoms with Gasteiger partial charge in [0, 0.05) is 27.8 Å². The summed E-state index contributed by atoms with van der Waals surface area (Å²) in [6.45, 7) is 4.23. The molecule has 0 amide bonds. The highest BCUT2D eigenvalue weighted by atomic mass is 32.1. The first-order chi connectivity index (χ1) is 12.1. The Morgan fingerprint density at radius 1 is 1.08 bits per heavy atom. The third-order valence-corrected chi connectivity index (χ3v) is 5.71. The Labute approximate surface area is 153 Å². The molecule has 0 radical (unpaired) electrons. The van der Waals surface area contributed by atoms with Gasteiger partial charge in [0.05, 0.1) is 11.3 Å².